The molecule has 4 aromatic carbocycles. The van der Waals surface area contributed by atoms with Crippen LogP contribution in [0.2, 0.25) is 5.02 Å². The monoisotopic (exact) mass is 484 g/mol. The van der Waals surface area contributed by atoms with Gasteiger partial charge in [0.15, 0.2) is 0 Å². The summed E-state index contributed by atoms with van der Waals surface area (Å²) in [7, 11) is 0. The predicted octanol–water partition coefficient (Wildman–Crippen LogP) is 7.72. The van der Waals surface area contributed by atoms with E-state index in [2.05, 4.69) is 5.32 Å². The molecule has 0 saturated carbocycles. The number of hydrogen-bond acceptors (Lipinski definition) is 5. The van der Waals surface area contributed by atoms with Crippen molar-refractivity contribution in [1.29, 1.82) is 0 Å². The van der Waals surface area contributed by atoms with Gasteiger partial charge in [-0.25, -0.2) is 4.99 Å². The van der Waals surface area contributed by atoms with E-state index in [1.165, 1.54) is 0 Å². The lowest BCUT2D eigenvalue weighted by Crippen LogP contribution is -2.12. The van der Waals surface area contributed by atoms with E-state index >= 15 is 0 Å². The number of thioether (sulfide) groups is 1. The molecule has 1 unspecified atom stereocenters. The quantitative estimate of drug-likeness (QED) is 0.277. The van der Waals surface area contributed by atoms with Gasteiger partial charge in [0.05, 0.1) is 16.6 Å². The summed E-state index contributed by atoms with van der Waals surface area (Å²) in [6, 6.07) is 29.8. The molecule has 34 heavy (non-hydrogen) atoms. The van der Waals surface area contributed by atoms with Gasteiger partial charge in [-0.15, -0.1) is 11.8 Å². The largest absolute Gasteiger partial charge is 0.508 e. The Morgan fingerprint density at radius 2 is 1.53 bits per heavy atom. The van der Waals surface area contributed by atoms with Crippen molar-refractivity contribution in [3.05, 3.63) is 125 Å². The number of fused-ring (bicyclic) bond motifs is 1. The maximum absolute atomic E-state index is 10.8. The number of halogens is 1. The average molecular weight is 485 g/mol. The van der Waals surface area contributed by atoms with Crippen molar-refractivity contribution < 1.29 is 10.2 Å². The molecule has 0 saturated heterocycles. The van der Waals surface area contributed by atoms with E-state index in [0.29, 0.717) is 5.02 Å². The molecule has 1 aliphatic heterocycles. The Hall–Kier alpha value is -3.67. The number of para-hydroxylation sites is 2. The first-order chi connectivity index (χ1) is 16.6. The number of nitrogens with one attached hydrogen (secondary N) is 1. The smallest absolute Gasteiger partial charge is 0.120 e. The molecular weight excluding hydrogens is 464 g/mol. The van der Waals surface area contributed by atoms with Crippen molar-refractivity contribution in [3.63, 3.8) is 0 Å². The van der Waals surface area contributed by atoms with Gasteiger partial charge in [-0.05, 0) is 66.7 Å². The summed E-state index contributed by atoms with van der Waals surface area (Å²) in [4.78, 5) is 6.07. The van der Waals surface area contributed by atoms with E-state index in [1.807, 2.05) is 85.1 Å². The molecule has 0 aromatic heterocycles. The normalized spacial score (nSPS) is 16.4. The van der Waals surface area contributed by atoms with E-state index < -0.39 is 0 Å². The first kappa shape index (κ1) is 22.1. The van der Waals surface area contributed by atoms with Crippen LogP contribution in [-0.4, -0.2) is 15.9 Å². The van der Waals surface area contributed by atoms with Crippen LogP contribution in [0.15, 0.2) is 119 Å². The molecule has 0 bridgehead atoms. The third kappa shape index (κ3) is 4.67. The second-order valence-corrected chi connectivity index (χ2v) is 9.37. The third-order valence-electron chi connectivity index (χ3n) is 5.50. The molecular formula is C28H21ClN2O2S. The number of hydrogen-bond donors (Lipinski definition) is 3. The topological polar surface area (TPSA) is 64.9 Å². The second kappa shape index (κ2) is 9.67. The van der Waals surface area contributed by atoms with Crippen molar-refractivity contribution in [3.8, 4) is 11.5 Å². The van der Waals surface area contributed by atoms with Crippen molar-refractivity contribution in [2.24, 2.45) is 4.99 Å². The maximum atomic E-state index is 10.8. The Labute approximate surface area is 207 Å². The molecule has 1 aliphatic rings. The van der Waals surface area contributed by atoms with Gasteiger partial charge >= 0.3 is 0 Å². The van der Waals surface area contributed by atoms with Gasteiger partial charge in [0, 0.05) is 38.5 Å². The van der Waals surface area contributed by atoms with E-state index in [1.54, 1.807) is 30.0 Å². The lowest BCUT2D eigenvalue weighted by molar-refractivity contribution is 0.469. The molecule has 0 aliphatic carbocycles. The van der Waals surface area contributed by atoms with E-state index in [4.69, 9.17) is 16.6 Å². The van der Waals surface area contributed by atoms with E-state index in [9.17, 15) is 10.2 Å². The van der Waals surface area contributed by atoms with Gasteiger partial charge in [0.25, 0.3) is 0 Å². The van der Waals surface area contributed by atoms with Gasteiger partial charge in [-0.3, -0.25) is 0 Å². The Morgan fingerprint density at radius 3 is 2.29 bits per heavy atom. The van der Waals surface area contributed by atoms with Crippen LogP contribution in [0.4, 0.5) is 11.4 Å². The Balaban J connectivity index is 1.71. The number of aromatic hydroxyl groups is 2. The molecule has 4 nitrogen and oxygen atoms in total. The number of rotatable bonds is 4. The molecule has 0 amide bonds. The fourth-order valence-corrected chi connectivity index (χ4v) is 5.20. The number of anilines is 1. The van der Waals surface area contributed by atoms with Gasteiger partial charge in [-0.2, -0.15) is 0 Å². The lowest BCUT2D eigenvalue weighted by Gasteiger charge is -2.21. The van der Waals surface area contributed by atoms with Gasteiger partial charge in [0.1, 0.15) is 11.5 Å². The number of nitrogens with zero attached hydrogens (tertiary/aromatic N) is 1. The van der Waals surface area contributed by atoms with Crippen LogP contribution in [0.1, 0.15) is 16.4 Å². The average Bonchev–Trinajstić information content (AvgIpc) is 3.01. The molecule has 0 fully saturated rings. The van der Waals surface area contributed by atoms with Gasteiger partial charge in [0.2, 0.25) is 0 Å². The Bertz CT molecular complexity index is 1380. The summed E-state index contributed by atoms with van der Waals surface area (Å²) >= 11 is 7.70. The number of benzene rings is 4. The molecule has 168 valence electrons. The minimum Gasteiger partial charge on any atom is -0.508 e. The van der Waals surface area contributed by atoms with Crippen LogP contribution in [0.5, 0.6) is 11.5 Å². The highest BCUT2D eigenvalue weighted by Crippen LogP contribution is 2.50. The first-order valence-corrected chi connectivity index (χ1v) is 12.0. The van der Waals surface area contributed by atoms with Gasteiger partial charge in [-0.1, -0.05) is 41.9 Å². The molecule has 0 radical (unpaired) electrons. The molecule has 1 heterocycles. The highest BCUT2D eigenvalue weighted by atomic mass is 35.5. The SMILES string of the molecule is Oc1ccc(C2=Nc3ccccc3SC(c3ccccc3O)/C2=C/Nc2ccc(Cl)cc2)cc1. The molecule has 0 spiro atoms. The van der Waals surface area contributed by atoms with Crippen molar-refractivity contribution in [1.82, 2.24) is 0 Å². The summed E-state index contributed by atoms with van der Waals surface area (Å²) in [6.07, 6.45) is 1.94. The zero-order chi connectivity index (χ0) is 23.5. The molecule has 1 atom stereocenters. The fraction of sp³-hybridized carbons (Fsp3) is 0.0357. The van der Waals surface area contributed by atoms with Crippen LogP contribution in [0.3, 0.4) is 0 Å². The minimum atomic E-state index is -0.239. The molecule has 3 N–H and O–H groups in total. The van der Waals surface area contributed by atoms with Crippen molar-refractivity contribution in [2.45, 2.75) is 10.1 Å². The summed E-state index contributed by atoms with van der Waals surface area (Å²) in [6.45, 7) is 0. The zero-order valence-corrected chi connectivity index (χ0v) is 19.6. The molecule has 6 heteroatoms. The van der Waals surface area contributed by atoms with Crippen LogP contribution < -0.4 is 5.32 Å². The highest BCUT2D eigenvalue weighted by Gasteiger charge is 2.29. The summed E-state index contributed by atoms with van der Waals surface area (Å²) < 4.78 is 0. The second-order valence-electron chi connectivity index (χ2n) is 7.78. The Morgan fingerprint density at radius 1 is 0.824 bits per heavy atom. The van der Waals surface area contributed by atoms with Crippen LogP contribution in [-0.2, 0) is 0 Å². The molecule has 5 rings (SSSR count). The van der Waals surface area contributed by atoms with Gasteiger partial charge < -0.3 is 15.5 Å². The predicted molar refractivity (Wildman–Crippen MR) is 141 cm³/mol. The Kier molecular flexibility index (Phi) is 6.30. The number of phenolic OH excluding ortho intramolecular Hbond substituents is 2. The minimum absolute atomic E-state index is 0.190. The number of aliphatic imine (C=N–C) groups is 1. The zero-order valence-electron chi connectivity index (χ0n) is 18.0. The lowest BCUT2D eigenvalue weighted by atomic mass is 9.95. The highest BCUT2D eigenvalue weighted by molar-refractivity contribution is 8.00. The van der Waals surface area contributed by atoms with E-state index in [-0.39, 0.29) is 16.7 Å². The number of phenols is 2. The van der Waals surface area contributed by atoms with Crippen molar-refractivity contribution >= 4 is 40.4 Å². The maximum Gasteiger partial charge on any atom is 0.120 e. The van der Waals surface area contributed by atoms with Crippen molar-refractivity contribution in [2.75, 3.05) is 5.32 Å². The first-order valence-electron chi connectivity index (χ1n) is 10.7. The van der Waals surface area contributed by atoms with Crippen LogP contribution in [0, 0.1) is 0 Å². The van der Waals surface area contributed by atoms with E-state index in [0.717, 1.165) is 38.7 Å². The summed E-state index contributed by atoms with van der Waals surface area (Å²) in [5.41, 5.74) is 5.03. The fourth-order valence-electron chi connectivity index (χ4n) is 3.79. The van der Waals surface area contributed by atoms with Crippen LogP contribution >= 0.6 is 23.4 Å². The summed E-state index contributed by atoms with van der Waals surface area (Å²) in [5.74, 6) is 0.414. The van der Waals surface area contributed by atoms with Crippen LogP contribution in [0.25, 0.3) is 0 Å². The molecule has 4 aromatic rings. The summed E-state index contributed by atoms with van der Waals surface area (Å²) in [5, 5.41) is 24.4. The standard InChI is InChI=1S/C28H21ClN2O2S/c29-19-11-13-20(14-12-19)30-17-23-27(18-9-15-21(32)16-10-18)31-24-6-2-4-8-26(24)34-28(23)22-5-1-3-7-25(22)33/h1-17,28,30,32-33H/b23-17+. The third-order valence-corrected chi connectivity index (χ3v) is 7.09.